The summed E-state index contributed by atoms with van der Waals surface area (Å²) in [6.45, 7) is 1.75. The number of nitrogens with zero attached hydrogens (tertiary/aromatic N) is 5. The number of nitrogens with one attached hydrogen (secondary N) is 2. The van der Waals surface area contributed by atoms with Crippen molar-refractivity contribution in [2.24, 2.45) is 7.05 Å². The molecular weight excluding hydrogens is 382 g/mol. The van der Waals surface area contributed by atoms with Gasteiger partial charge in [-0.15, -0.1) is 0 Å². The summed E-state index contributed by atoms with van der Waals surface area (Å²) in [7, 11) is -0.697. The predicted molar refractivity (Wildman–Crippen MR) is 102 cm³/mol. The Kier molecular flexibility index (Phi) is 4.23. The zero-order chi connectivity index (χ0) is 19.9. The summed E-state index contributed by atoms with van der Waals surface area (Å²) >= 11 is 0. The molecule has 0 aliphatic carbocycles. The summed E-state index contributed by atoms with van der Waals surface area (Å²) in [4.78, 5) is 8.37. The molecule has 0 fully saturated rings. The van der Waals surface area contributed by atoms with Gasteiger partial charge in [0.05, 0.1) is 18.8 Å². The molecule has 1 aromatic carbocycles. The summed E-state index contributed by atoms with van der Waals surface area (Å²) < 4.78 is 35.4. The van der Waals surface area contributed by atoms with E-state index in [0.717, 1.165) is 5.39 Å². The summed E-state index contributed by atoms with van der Waals surface area (Å²) in [5.74, 6) is 1.43. The van der Waals surface area contributed by atoms with Gasteiger partial charge in [0.25, 0.3) is 10.0 Å². The second-order valence-electron chi connectivity index (χ2n) is 6.06. The topological polar surface area (TPSA) is 128 Å². The SMILES string of the molecule is COc1ccc2cnn(C)c2c1NS(=O)(=O)c1ccc(-c2nc(C)n[nH]2)nc1. The molecule has 2 N–H and O–H groups in total. The van der Waals surface area contributed by atoms with E-state index in [1.807, 2.05) is 6.07 Å². The number of H-pyrrole nitrogens is 1. The lowest BCUT2D eigenvalue weighted by molar-refractivity contribution is 0.417. The third-order valence-corrected chi connectivity index (χ3v) is 5.54. The van der Waals surface area contributed by atoms with Crippen LogP contribution in [0.2, 0.25) is 0 Å². The molecule has 0 unspecified atom stereocenters. The van der Waals surface area contributed by atoms with Crippen molar-refractivity contribution in [2.45, 2.75) is 11.8 Å². The summed E-state index contributed by atoms with van der Waals surface area (Å²) in [6.07, 6.45) is 2.92. The Hall–Kier alpha value is -3.47. The van der Waals surface area contributed by atoms with E-state index in [2.05, 4.69) is 30.0 Å². The number of benzene rings is 1. The highest BCUT2D eigenvalue weighted by Gasteiger charge is 2.21. The van der Waals surface area contributed by atoms with Crippen molar-refractivity contribution in [2.75, 3.05) is 11.8 Å². The standard InChI is InChI=1S/C17H17N7O3S/c1-10-20-17(22-21-10)13-6-5-12(9-18-13)28(25,26)23-15-14(27-3)7-4-11-8-19-24(2)16(11)15/h4-9,23H,1-3H3,(H,20,21,22). The number of methoxy groups -OCH3 is 1. The molecule has 0 atom stereocenters. The van der Waals surface area contributed by atoms with Gasteiger partial charge in [0.2, 0.25) is 0 Å². The van der Waals surface area contributed by atoms with Crippen LogP contribution in [0.3, 0.4) is 0 Å². The van der Waals surface area contributed by atoms with Crippen LogP contribution in [0, 0.1) is 6.92 Å². The maximum atomic E-state index is 12.9. The molecule has 0 saturated carbocycles. The number of anilines is 1. The van der Waals surface area contributed by atoms with Crippen molar-refractivity contribution in [3.63, 3.8) is 0 Å². The first-order chi connectivity index (χ1) is 13.4. The minimum atomic E-state index is -3.91. The molecule has 10 nitrogen and oxygen atoms in total. The van der Waals surface area contributed by atoms with E-state index in [4.69, 9.17) is 4.74 Å². The lowest BCUT2D eigenvalue weighted by atomic mass is 10.2. The number of aromatic nitrogens is 6. The fraction of sp³-hybridized carbons (Fsp3) is 0.176. The van der Waals surface area contributed by atoms with Crippen molar-refractivity contribution < 1.29 is 13.2 Å². The Balaban J connectivity index is 1.72. The molecule has 4 rings (SSSR count). The van der Waals surface area contributed by atoms with Gasteiger partial charge in [-0.25, -0.2) is 13.4 Å². The van der Waals surface area contributed by atoms with E-state index in [1.54, 1.807) is 37.0 Å². The van der Waals surface area contributed by atoms with Gasteiger partial charge in [0, 0.05) is 18.6 Å². The fourth-order valence-corrected chi connectivity index (χ4v) is 3.87. The summed E-state index contributed by atoms with van der Waals surface area (Å²) in [5.41, 5.74) is 1.42. The predicted octanol–water partition coefficient (Wildman–Crippen LogP) is 1.87. The Labute approximate surface area is 160 Å². The van der Waals surface area contributed by atoms with Crippen LogP contribution in [0.15, 0.2) is 41.6 Å². The zero-order valence-corrected chi connectivity index (χ0v) is 16.1. The molecule has 0 saturated heterocycles. The number of rotatable bonds is 5. The number of fused-ring (bicyclic) bond motifs is 1. The molecule has 3 aromatic heterocycles. The van der Waals surface area contributed by atoms with E-state index in [9.17, 15) is 8.42 Å². The van der Waals surface area contributed by atoms with Crippen molar-refractivity contribution in [3.05, 3.63) is 42.5 Å². The first-order valence-electron chi connectivity index (χ1n) is 8.26. The van der Waals surface area contributed by atoms with E-state index < -0.39 is 10.0 Å². The number of aryl methyl sites for hydroxylation is 2. The molecule has 4 aromatic rings. The molecule has 0 spiro atoms. The normalized spacial score (nSPS) is 11.7. The van der Waals surface area contributed by atoms with Crippen LogP contribution < -0.4 is 9.46 Å². The molecule has 0 aliphatic rings. The zero-order valence-electron chi connectivity index (χ0n) is 15.3. The number of hydrogen-bond acceptors (Lipinski definition) is 7. The fourth-order valence-electron chi connectivity index (χ4n) is 2.85. The molecule has 11 heteroatoms. The second kappa shape index (κ2) is 6.60. The number of hydrogen-bond donors (Lipinski definition) is 2. The molecule has 0 amide bonds. The van der Waals surface area contributed by atoms with E-state index >= 15 is 0 Å². The van der Waals surface area contributed by atoms with Crippen molar-refractivity contribution in [1.82, 2.24) is 29.9 Å². The molecule has 28 heavy (non-hydrogen) atoms. The Morgan fingerprint density at radius 2 is 2.00 bits per heavy atom. The van der Waals surface area contributed by atoms with Crippen LogP contribution in [-0.2, 0) is 17.1 Å². The quantitative estimate of drug-likeness (QED) is 0.524. The average molecular weight is 399 g/mol. The number of ether oxygens (including phenoxy) is 1. The van der Waals surface area contributed by atoms with Crippen LogP contribution in [0.4, 0.5) is 5.69 Å². The van der Waals surface area contributed by atoms with Crippen molar-refractivity contribution >= 4 is 26.6 Å². The van der Waals surface area contributed by atoms with E-state index in [1.165, 1.54) is 19.4 Å². The van der Waals surface area contributed by atoms with Gasteiger partial charge in [-0.2, -0.15) is 10.2 Å². The van der Waals surface area contributed by atoms with Gasteiger partial charge >= 0.3 is 0 Å². The van der Waals surface area contributed by atoms with Gasteiger partial charge in [-0.1, -0.05) is 0 Å². The molecule has 0 bridgehead atoms. The summed E-state index contributed by atoms with van der Waals surface area (Å²) in [5, 5.41) is 11.7. The third-order valence-electron chi connectivity index (χ3n) is 4.21. The molecule has 0 radical (unpaired) electrons. The van der Waals surface area contributed by atoms with Crippen molar-refractivity contribution in [3.8, 4) is 17.3 Å². The van der Waals surface area contributed by atoms with Crippen LogP contribution in [-0.4, -0.2) is 45.5 Å². The highest BCUT2D eigenvalue weighted by molar-refractivity contribution is 7.92. The Bertz CT molecular complexity index is 1260. The van der Waals surface area contributed by atoms with Gasteiger partial charge in [0.15, 0.2) is 5.82 Å². The highest BCUT2D eigenvalue weighted by Crippen LogP contribution is 2.34. The smallest absolute Gasteiger partial charge is 0.263 e. The molecular formula is C17H17N7O3S. The van der Waals surface area contributed by atoms with Gasteiger partial charge in [0.1, 0.15) is 27.9 Å². The number of sulfonamides is 1. The first kappa shape index (κ1) is 17.9. The Morgan fingerprint density at radius 1 is 1.18 bits per heavy atom. The molecule has 3 heterocycles. The van der Waals surface area contributed by atoms with Crippen molar-refractivity contribution in [1.29, 1.82) is 0 Å². The van der Waals surface area contributed by atoms with E-state index in [-0.39, 0.29) is 4.90 Å². The first-order valence-corrected chi connectivity index (χ1v) is 9.74. The highest BCUT2D eigenvalue weighted by atomic mass is 32.2. The largest absolute Gasteiger partial charge is 0.494 e. The maximum absolute atomic E-state index is 12.9. The monoisotopic (exact) mass is 399 g/mol. The lowest BCUT2D eigenvalue weighted by Gasteiger charge is -2.13. The van der Waals surface area contributed by atoms with Gasteiger partial charge in [-0.05, 0) is 31.2 Å². The third kappa shape index (κ3) is 3.05. The summed E-state index contributed by atoms with van der Waals surface area (Å²) in [6, 6.07) is 6.53. The maximum Gasteiger partial charge on any atom is 0.263 e. The minimum absolute atomic E-state index is 0.00807. The number of pyridine rings is 1. The minimum Gasteiger partial charge on any atom is -0.494 e. The van der Waals surface area contributed by atoms with Crippen LogP contribution >= 0.6 is 0 Å². The average Bonchev–Trinajstić information content (AvgIpc) is 3.28. The second-order valence-corrected chi connectivity index (χ2v) is 7.75. The number of aromatic amines is 1. The van der Waals surface area contributed by atoms with Crippen LogP contribution in [0.5, 0.6) is 5.75 Å². The van der Waals surface area contributed by atoms with E-state index in [0.29, 0.717) is 34.3 Å². The van der Waals surface area contributed by atoms with Gasteiger partial charge in [-0.3, -0.25) is 19.5 Å². The van der Waals surface area contributed by atoms with Gasteiger partial charge < -0.3 is 4.74 Å². The lowest BCUT2D eigenvalue weighted by Crippen LogP contribution is -2.15. The Morgan fingerprint density at radius 3 is 2.64 bits per heavy atom. The molecule has 144 valence electrons. The van der Waals surface area contributed by atoms with Crippen LogP contribution in [0.25, 0.3) is 22.4 Å². The van der Waals surface area contributed by atoms with Crippen LogP contribution in [0.1, 0.15) is 5.82 Å². The molecule has 0 aliphatic heterocycles.